The molecule has 2 aromatic rings. The molecule has 0 bridgehead atoms. The Kier molecular flexibility index (Phi) is 6.03. The van der Waals surface area contributed by atoms with E-state index in [4.69, 9.17) is 4.74 Å². The van der Waals surface area contributed by atoms with Crippen molar-refractivity contribution >= 4 is 38.3 Å². The summed E-state index contributed by atoms with van der Waals surface area (Å²) in [6, 6.07) is 4.77. The van der Waals surface area contributed by atoms with E-state index in [1.54, 1.807) is 25.3 Å². The zero-order chi connectivity index (χ0) is 16.9. The fourth-order valence-corrected chi connectivity index (χ4v) is 4.61. The van der Waals surface area contributed by atoms with E-state index in [0.29, 0.717) is 22.3 Å². The topological polar surface area (TPSA) is 81.2 Å². The van der Waals surface area contributed by atoms with E-state index in [-0.39, 0.29) is 10.0 Å². The Bertz CT molecular complexity index is 788. The number of aromatic nitrogens is 2. The number of hydrogen-bond acceptors (Lipinski definition) is 7. The highest BCUT2D eigenvalue weighted by molar-refractivity contribution is 8.01. The van der Waals surface area contributed by atoms with Gasteiger partial charge in [-0.1, -0.05) is 36.1 Å². The molecule has 0 unspecified atom stereocenters. The van der Waals surface area contributed by atoms with Crippen LogP contribution in [0.25, 0.3) is 0 Å². The molecule has 0 atom stereocenters. The normalized spacial score (nSPS) is 11.2. The summed E-state index contributed by atoms with van der Waals surface area (Å²) in [7, 11) is -2.15. The zero-order valence-electron chi connectivity index (χ0n) is 12.8. The Balaban J connectivity index is 2.21. The number of thioether (sulfide) groups is 1. The van der Waals surface area contributed by atoms with Gasteiger partial charge in [0.25, 0.3) is 10.0 Å². The van der Waals surface area contributed by atoms with Crippen LogP contribution in [0.2, 0.25) is 0 Å². The molecule has 0 radical (unpaired) electrons. The molecule has 6 nitrogen and oxygen atoms in total. The van der Waals surface area contributed by atoms with E-state index in [0.717, 1.165) is 5.56 Å². The monoisotopic (exact) mass is 371 g/mol. The lowest BCUT2D eigenvalue weighted by atomic mass is 10.1. The second kappa shape index (κ2) is 7.80. The number of sulfonamides is 1. The molecule has 0 aliphatic heterocycles. The average molecular weight is 372 g/mol. The van der Waals surface area contributed by atoms with E-state index in [2.05, 4.69) is 21.5 Å². The lowest BCUT2D eigenvalue weighted by Gasteiger charge is -2.10. The number of hydrogen-bond donors (Lipinski definition) is 1. The summed E-state index contributed by atoms with van der Waals surface area (Å²) in [6.07, 6.45) is 2.42. The van der Waals surface area contributed by atoms with Crippen LogP contribution in [0.3, 0.4) is 0 Å². The van der Waals surface area contributed by atoms with Crippen LogP contribution in [0.4, 0.5) is 5.13 Å². The van der Waals surface area contributed by atoms with Gasteiger partial charge < -0.3 is 4.74 Å². The molecule has 0 aliphatic rings. The van der Waals surface area contributed by atoms with E-state index >= 15 is 0 Å². The first-order chi connectivity index (χ1) is 11.0. The molecular weight excluding hydrogens is 354 g/mol. The maximum atomic E-state index is 12.5. The summed E-state index contributed by atoms with van der Waals surface area (Å²) in [5, 5.41) is 8.03. The Hall–Kier alpha value is -1.58. The van der Waals surface area contributed by atoms with E-state index in [9.17, 15) is 8.42 Å². The van der Waals surface area contributed by atoms with Gasteiger partial charge in [-0.25, -0.2) is 8.42 Å². The van der Waals surface area contributed by atoms with Crippen molar-refractivity contribution in [1.29, 1.82) is 0 Å². The molecule has 1 N–H and O–H groups in total. The Morgan fingerprint density at radius 3 is 2.87 bits per heavy atom. The molecule has 0 spiro atoms. The minimum absolute atomic E-state index is 0.172. The zero-order valence-corrected chi connectivity index (χ0v) is 15.2. The number of nitrogens with one attached hydrogen (secondary N) is 1. The van der Waals surface area contributed by atoms with Crippen LogP contribution in [0, 0.1) is 0 Å². The Morgan fingerprint density at radius 1 is 1.43 bits per heavy atom. The quantitative estimate of drug-likeness (QED) is 0.567. The summed E-state index contributed by atoms with van der Waals surface area (Å²) in [5.74, 6) is 1.37. The van der Waals surface area contributed by atoms with E-state index in [1.807, 2.05) is 6.92 Å². The molecule has 0 saturated heterocycles. The fraction of sp³-hybridized carbons (Fsp3) is 0.286. The summed E-state index contributed by atoms with van der Waals surface area (Å²) in [5.41, 5.74) is 0.829. The summed E-state index contributed by atoms with van der Waals surface area (Å²) in [4.78, 5) is 0.172. The summed E-state index contributed by atoms with van der Waals surface area (Å²) >= 11 is 2.64. The number of methoxy groups -OCH3 is 1. The van der Waals surface area contributed by atoms with Crippen molar-refractivity contribution in [1.82, 2.24) is 10.2 Å². The van der Waals surface area contributed by atoms with Gasteiger partial charge >= 0.3 is 0 Å². The molecule has 23 heavy (non-hydrogen) atoms. The predicted octanol–water partition coefficient (Wildman–Crippen LogP) is 3.19. The summed E-state index contributed by atoms with van der Waals surface area (Å²) in [6.45, 7) is 5.57. The molecule has 1 aromatic heterocycles. The number of aryl methyl sites for hydroxylation is 1. The largest absolute Gasteiger partial charge is 0.496 e. The van der Waals surface area contributed by atoms with Crippen LogP contribution in [0.1, 0.15) is 12.5 Å². The molecule has 1 aromatic carbocycles. The Labute approximate surface area is 144 Å². The predicted molar refractivity (Wildman–Crippen MR) is 94.0 cm³/mol. The van der Waals surface area contributed by atoms with Crippen molar-refractivity contribution in [2.75, 3.05) is 17.6 Å². The number of anilines is 1. The third-order valence-corrected chi connectivity index (χ3v) is 6.33. The van der Waals surface area contributed by atoms with Crippen LogP contribution in [-0.2, 0) is 16.4 Å². The standard InChI is InChI=1S/C14H17N3O3S3/c1-4-8-21-14-16-15-13(22-14)17-23(18,19)11-6-7-12(20-3)10(5-2)9-11/h4,6-7,9H,1,5,8H2,2-3H3,(H,15,17). The molecule has 1 heterocycles. The minimum Gasteiger partial charge on any atom is -0.496 e. The molecule has 0 aliphatic carbocycles. The highest BCUT2D eigenvalue weighted by Crippen LogP contribution is 2.28. The van der Waals surface area contributed by atoms with Crippen LogP contribution < -0.4 is 9.46 Å². The Morgan fingerprint density at radius 2 is 2.22 bits per heavy atom. The van der Waals surface area contributed by atoms with Crippen LogP contribution in [0.15, 0.2) is 40.1 Å². The van der Waals surface area contributed by atoms with Gasteiger partial charge in [0.05, 0.1) is 12.0 Å². The SMILES string of the molecule is C=CCSc1nnc(NS(=O)(=O)c2ccc(OC)c(CC)c2)s1. The molecule has 0 amide bonds. The van der Waals surface area contributed by atoms with Crippen molar-refractivity contribution in [2.24, 2.45) is 0 Å². The number of rotatable bonds is 8. The molecule has 2 rings (SSSR count). The van der Waals surface area contributed by atoms with Crippen LogP contribution in [0.5, 0.6) is 5.75 Å². The first kappa shape index (κ1) is 17.8. The van der Waals surface area contributed by atoms with Gasteiger partial charge in [-0.2, -0.15) is 0 Å². The van der Waals surface area contributed by atoms with Crippen molar-refractivity contribution < 1.29 is 13.2 Å². The molecule has 0 saturated carbocycles. The molecule has 9 heteroatoms. The molecule has 0 fully saturated rings. The molecule has 124 valence electrons. The lowest BCUT2D eigenvalue weighted by molar-refractivity contribution is 0.409. The van der Waals surface area contributed by atoms with Crippen molar-refractivity contribution in [3.8, 4) is 5.75 Å². The number of benzene rings is 1. The highest BCUT2D eigenvalue weighted by atomic mass is 32.2. The summed E-state index contributed by atoms with van der Waals surface area (Å²) < 4.78 is 33.3. The van der Waals surface area contributed by atoms with E-state index < -0.39 is 10.0 Å². The van der Waals surface area contributed by atoms with Crippen LogP contribution in [-0.4, -0.2) is 31.5 Å². The average Bonchev–Trinajstić information content (AvgIpc) is 2.98. The van der Waals surface area contributed by atoms with Gasteiger partial charge in [0, 0.05) is 5.75 Å². The maximum absolute atomic E-state index is 12.5. The smallest absolute Gasteiger partial charge is 0.263 e. The first-order valence-corrected chi connectivity index (χ1v) is 10.1. The number of nitrogens with zero attached hydrogens (tertiary/aromatic N) is 2. The van der Waals surface area contributed by atoms with Gasteiger partial charge in [0.2, 0.25) is 5.13 Å². The van der Waals surface area contributed by atoms with Gasteiger partial charge in [0.1, 0.15) is 5.75 Å². The van der Waals surface area contributed by atoms with Gasteiger partial charge in [-0.05, 0) is 30.2 Å². The number of ether oxygens (including phenoxy) is 1. The lowest BCUT2D eigenvalue weighted by Crippen LogP contribution is -2.13. The molecular formula is C14H17N3O3S3. The van der Waals surface area contributed by atoms with Gasteiger partial charge in [0.15, 0.2) is 4.34 Å². The third-order valence-electron chi connectivity index (χ3n) is 2.90. The first-order valence-electron chi connectivity index (χ1n) is 6.77. The second-order valence-corrected chi connectivity index (χ2v) is 8.33. The maximum Gasteiger partial charge on any atom is 0.263 e. The van der Waals surface area contributed by atoms with Gasteiger partial charge in [-0.3, -0.25) is 4.72 Å². The third kappa shape index (κ3) is 4.46. The minimum atomic E-state index is -3.71. The van der Waals surface area contributed by atoms with Crippen molar-refractivity contribution in [3.63, 3.8) is 0 Å². The van der Waals surface area contributed by atoms with E-state index in [1.165, 1.54) is 29.2 Å². The van der Waals surface area contributed by atoms with Crippen LogP contribution >= 0.6 is 23.1 Å². The fourth-order valence-electron chi connectivity index (χ4n) is 1.81. The van der Waals surface area contributed by atoms with Gasteiger partial charge in [-0.15, -0.1) is 16.8 Å². The van der Waals surface area contributed by atoms with Crippen molar-refractivity contribution in [3.05, 3.63) is 36.4 Å². The highest BCUT2D eigenvalue weighted by Gasteiger charge is 2.18. The van der Waals surface area contributed by atoms with Crippen molar-refractivity contribution in [2.45, 2.75) is 22.6 Å². The second-order valence-electron chi connectivity index (χ2n) is 4.41.